The van der Waals surface area contributed by atoms with E-state index in [4.69, 9.17) is 4.74 Å². The second-order valence-electron chi connectivity index (χ2n) is 4.94. The third-order valence-electron chi connectivity index (χ3n) is 3.27. The highest BCUT2D eigenvalue weighted by molar-refractivity contribution is 7.88. The number of hydrogen-bond donors (Lipinski definition) is 1. The molecular formula is C15H19N3O4S. The zero-order valence-electron chi connectivity index (χ0n) is 13.2. The van der Waals surface area contributed by atoms with Crippen molar-refractivity contribution in [1.82, 2.24) is 9.62 Å². The van der Waals surface area contributed by atoms with Gasteiger partial charge in [0.15, 0.2) is 0 Å². The number of hydrogen-bond acceptors (Lipinski definition) is 4. The molecular weight excluding hydrogens is 318 g/mol. The number of ether oxygens (including phenoxy) is 1. The van der Waals surface area contributed by atoms with Crippen molar-refractivity contribution in [2.45, 2.75) is 20.4 Å². The predicted molar refractivity (Wildman–Crippen MR) is 87.3 cm³/mol. The van der Waals surface area contributed by atoms with Gasteiger partial charge in [-0.2, -0.15) is 8.42 Å². The molecule has 8 heteroatoms. The maximum atomic E-state index is 12.3. The van der Waals surface area contributed by atoms with Gasteiger partial charge in [0.1, 0.15) is 5.75 Å². The predicted octanol–water partition coefficient (Wildman–Crippen LogP) is 1.24. The molecule has 0 bridgehead atoms. The van der Waals surface area contributed by atoms with Crippen molar-refractivity contribution in [3.8, 4) is 5.75 Å². The largest absolute Gasteiger partial charge is 0.494 e. The van der Waals surface area contributed by atoms with E-state index in [1.807, 2.05) is 31.2 Å². The average Bonchev–Trinajstić information content (AvgIpc) is 2.49. The van der Waals surface area contributed by atoms with Crippen LogP contribution in [0.25, 0.3) is 0 Å². The summed E-state index contributed by atoms with van der Waals surface area (Å²) in [7, 11) is -2.38. The second kappa shape index (κ2) is 6.82. The third-order valence-corrected chi connectivity index (χ3v) is 4.61. The van der Waals surface area contributed by atoms with E-state index in [9.17, 15) is 13.2 Å². The normalized spacial score (nSPS) is 16.4. The molecule has 2 rings (SSSR count). The van der Waals surface area contributed by atoms with Crippen molar-refractivity contribution in [2.24, 2.45) is 4.40 Å². The van der Waals surface area contributed by atoms with Crippen LogP contribution < -0.4 is 10.1 Å². The van der Waals surface area contributed by atoms with E-state index in [0.29, 0.717) is 12.4 Å². The van der Waals surface area contributed by atoms with Gasteiger partial charge in [-0.15, -0.1) is 4.40 Å². The van der Waals surface area contributed by atoms with Crippen LogP contribution in [0, 0.1) is 0 Å². The van der Waals surface area contributed by atoms with Gasteiger partial charge in [0.25, 0.3) is 5.91 Å². The summed E-state index contributed by atoms with van der Waals surface area (Å²) in [6, 6.07) is 7.41. The van der Waals surface area contributed by atoms with Crippen LogP contribution >= 0.6 is 0 Å². The van der Waals surface area contributed by atoms with E-state index in [2.05, 4.69) is 9.71 Å². The molecule has 1 heterocycles. The Balaban J connectivity index is 2.11. The van der Waals surface area contributed by atoms with E-state index in [-0.39, 0.29) is 23.7 Å². The molecule has 0 saturated carbocycles. The first-order valence-electron chi connectivity index (χ1n) is 7.10. The van der Waals surface area contributed by atoms with Crippen molar-refractivity contribution in [1.29, 1.82) is 0 Å². The first kappa shape index (κ1) is 17.0. The molecule has 1 amide bonds. The van der Waals surface area contributed by atoms with Crippen molar-refractivity contribution >= 4 is 21.8 Å². The van der Waals surface area contributed by atoms with Gasteiger partial charge in [0.2, 0.25) is 0 Å². The lowest BCUT2D eigenvalue weighted by Gasteiger charge is -2.19. The summed E-state index contributed by atoms with van der Waals surface area (Å²) >= 11 is 0. The number of nitrogens with zero attached hydrogens (tertiary/aromatic N) is 2. The van der Waals surface area contributed by atoms with E-state index in [1.54, 1.807) is 0 Å². The SMILES string of the molecule is CCOc1ccccc1CNC(=O)C1=CN(C)S(=O)(=O)N=C1C. The van der Waals surface area contributed by atoms with Crippen LogP contribution in [-0.2, 0) is 21.5 Å². The molecule has 124 valence electrons. The van der Waals surface area contributed by atoms with Gasteiger partial charge in [0.05, 0.1) is 17.9 Å². The van der Waals surface area contributed by atoms with Crippen molar-refractivity contribution in [2.75, 3.05) is 13.7 Å². The first-order valence-corrected chi connectivity index (χ1v) is 8.50. The van der Waals surface area contributed by atoms with E-state index in [1.165, 1.54) is 20.2 Å². The van der Waals surface area contributed by atoms with Gasteiger partial charge in [-0.05, 0) is 19.9 Å². The quantitative estimate of drug-likeness (QED) is 0.875. The molecule has 0 fully saturated rings. The maximum absolute atomic E-state index is 12.3. The minimum Gasteiger partial charge on any atom is -0.494 e. The summed E-state index contributed by atoms with van der Waals surface area (Å²) in [5.74, 6) is 0.317. The monoisotopic (exact) mass is 337 g/mol. The molecule has 0 radical (unpaired) electrons. The fourth-order valence-electron chi connectivity index (χ4n) is 2.07. The third kappa shape index (κ3) is 3.89. The Kier molecular flexibility index (Phi) is 5.05. The second-order valence-corrected chi connectivity index (χ2v) is 6.59. The molecule has 0 aromatic heterocycles. The molecule has 0 saturated heterocycles. The minimum atomic E-state index is -3.71. The molecule has 0 unspecified atom stereocenters. The van der Waals surface area contributed by atoms with E-state index in [0.717, 1.165) is 9.87 Å². The Morgan fingerprint density at radius 3 is 2.74 bits per heavy atom. The summed E-state index contributed by atoms with van der Waals surface area (Å²) in [6.45, 7) is 4.18. The van der Waals surface area contributed by atoms with Crippen LogP contribution in [0.2, 0.25) is 0 Å². The number of rotatable bonds is 5. The fourth-order valence-corrected chi connectivity index (χ4v) is 2.88. The van der Waals surface area contributed by atoms with Crippen molar-refractivity contribution in [3.63, 3.8) is 0 Å². The Labute approximate surface area is 135 Å². The van der Waals surface area contributed by atoms with Crippen molar-refractivity contribution in [3.05, 3.63) is 41.6 Å². The van der Waals surface area contributed by atoms with Crippen molar-refractivity contribution < 1.29 is 17.9 Å². The van der Waals surface area contributed by atoms with E-state index >= 15 is 0 Å². The highest BCUT2D eigenvalue weighted by Crippen LogP contribution is 2.18. The highest BCUT2D eigenvalue weighted by Gasteiger charge is 2.25. The lowest BCUT2D eigenvalue weighted by Crippen LogP contribution is -2.33. The molecule has 0 aliphatic carbocycles. The van der Waals surface area contributed by atoms with Crippen LogP contribution in [0.5, 0.6) is 5.75 Å². The smallest absolute Gasteiger partial charge is 0.344 e. The topological polar surface area (TPSA) is 88.1 Å². The number of para-hydroxylation sites is 1. The Morgan fingerprint density at radius 1 is 1.35 bits per heavy atom. The fraction of sp³-hybridized carbons (Fsp3) is 0.333. The molecule has 0 spiro atoms. The standard InChI is InChI=1S/C15H19N3O4S/c1-4-22-14-8-6-5-7-12(14)9-16-15(19)13-10-18(3)23(20,21)17-11(13)2/h5-8,10H,4,9H2,1-3H3,(H,16,19). The Morgan fingerprint density at radius 2 is 2.04 bits per heavy atom. The van der Waals surface area contributed by atoms with Crippen LogP contribution in [0.4, 0.5) is 0 Å². The maximum Gasteiger partial charge on any atom is 0.344 e. The number of benzene rings is 1. The summed E-state index contributed by atoms with van der Waals surface area (Å²) in [6.07, 6.45) is 1.27. The molecule has 1 N–H and O–H groups in total. The zero-order valence-corrected chi connectivity index (χ0v) is 14.1. The summed E-state index contributed by atoms with van der Waals surface area (Å²) in [4.78, 5) is 12.3. The van der Waals surface area contributed by atoms with Crippen LogP contribution in [-0.4, -0.2) is 38.0 Å². The van der Waals surface area contributed by atoms with Gasteiger partial charge >= 0.3 is 10.2 Å². The van der Waals surface area contributed by atoms with Gasteiger partial charge in [-0.3, -0.25) is 9.10 Å². The molecule has 23 heavy (non-hydrogen) atoms. The molecule has 7 nitrogen and oxygen atoms in total. The molecule has 1 aromatic rings. The first-order chi connectivity index (χ1) is 10.8. The zero-order chi connectivity index (χ0) is 17.0. The molecule has 1 aromatic carbocycles. The van der Waals surface area contributed by atoms with Gasteiger partial charge in [-0.1, -0.05) is 18.2 Å². The molecule has 1 aliphatic heterocycles. The molecule has 1 aliphatic rings. The van der Waals surface area contributed by atoms with E-state index < -0.39 is 10.2 Å². The number of amides is 1. The average molecular weight is 337 g/mol. The number of carbonyl (C=O) groups excluding carboxylic acids is 1. The van der Waals surface area contributed by atoms with Gasteiger partial charge in [0, 0.05) is 25.4 Å². The van der Waals surface area contributed by atoms with Crippen LogP contribution in [0.3, 0.4) is 0 Å². The Hall–Kier alpha value is -2.35. The summed E-state index contributed by atoms with van der Waals surface area (Å²) in [5, 5.41) is 2.76. The minimum absolute atomic E-state index is 0.165. The van der Waals surface area contributed by atoms with Crippen LogP contribution in [0.15, 0.2) is 40.4 Å². The summed E-state index contributed by atoms with van der Waals surface area (Å²) < 4.78 is 33.2. The number of nitrogens with one attached hydrogen (secondary N) is 1. The lowest BCUT2D eigenvalue weighted by atomic mass is 10.1. The number of carbonyl (C=O) groups is 1. The molecule has 0 atom stereocenters. The lowest BCUT2D eigenvalue weighted by molar-refractivity contribution is -0.117. The van der Waals surface area contributed by atoms with Gasteiger partial charge < -0.3 is 10.1 Å². The summed E-state index contributed by atoms with van der Waals surface area (Å²) in [5.41, 5.74) is 1.23. The Bertz CT molecular complexity index is 769. The highest BCUT2D eigenvalue weighted by atomic mass is 32.2. The van der Waals surface area contributed by atoms with Gasteiger partial charge in [-0.25, -0.2) is 0 Å². The van der Waals surface area contributed by atoms with Crippen LogP contribution in [0.1, 0.15) is 19.4 Å².